The lowest BCUT2D eigenvalue weighted by molar-refractivity contribution is -0.204. The summed E-state index contributed by atoms with van der Waals surface area (Å²) < 4.78 is 84.1. The quantitative estimate of drug-likeness (QED) is 0.0123. The molecule has 3 N–H and O–H groups in total. The third-order valence-electron chi connectivity index (χ3n) is 27.1. The smallest absolute Gasteiger partial charge is 0.351 e. The number of aliphatic hydroxyl groups is 1. The van der Waals surface area contributed by atoms with Crippen molar-refractivity contribution >= 4 is 97.1 Å². The van der Waals surface area contributed by atoms with E-state index in [-0.39, 0.29) is 68.5 Å². The summed E-state index contributed by atoms with van der Waals surface area (Å²) in [6, 6.07) is 86.8. The minimum Gasteiger partial charge on any atom is -0.497 e. The second-order valence-electron chi connectivity index (χ2n) is 36.5. The third-order valence-corrected chi connectivity index (χ3v) is 36.5. The fourth-order valence-corrected chi connectivity index (χ4v) is 28.7. The van der Waals surface area contributed by atoms with E-state index in [9.17, 15) is 33.9 Å². The SMILES string of the molecule is C1CCN(P(N2CCCC2)N2CCCC2)C1.COc1ccc(C(OC[C@@]23CO[C@@H]([C@H](n4cc(C)c(NC(=O)c5ccccc5)nc4=O)O2)[C@@H]3O)(c2ccccc2)c2ccc(OC)cc2)cc1.COc1ccc(C(OC[C@@]23CO[C@@H]([C@H](n4cc(C)c(NC(=O)c5ccccc5)nc4=O)O2)[C@@H]3OP(SCCSC(=O)c2ccccc2)N2CCCC2)(c2ccccc2)c2ccc(OC)cc2)cc1.O=C(SCCS)c1ccccc1. The van der Waals surface area contributed by atoms with Crippen molar-refractivity contribution in [3.8, 4) is 23.0 Å². The molecule has 1 unspecified atom stereocenters. The van der Waals surface area contributed by atoms with Gasteiger partial charge in [-0.1, -0.05) is 241 Å². The Morgan fingerprint density at radius 1 is 0.418 bits per heavy atom. The molecule has 12 aromatic rings. The normalized spacial score (nSPS) is 20.9. The second-order valence-corrected chi connectivity index (χ2v) is 45.0. The molecule has 28 nitrogen and oxygen atoms in total. The number of aryl methyl sites for hydroxylation is 2. The van der Waals surface area contributed by atoms with Crippen LogP contribution in [0.1, 0.15) is 150 Å². The highest BCUT2D eigenvalue weighted by molar-refractivity contribution is 8.53. The van der Waals surface area contributed by atoms with Gasteiger partial charge < -0.3 is 67.6 Å². The lowest BCUT2D eigenvalue weighted by Crippen LogP contribution is -2.49. The lowest BCUT2D eigenvalue weighted by Gasteiger charge is -2.40. The van der Waals surface area contributed by atoms with Crippen molar-refractivity contribution < 1.29 is 76.2 Å². The molecule has 2 aromatic heterocycles. The van der Waals surface area contributed by atoms with Crippen LogP contribution in [0.4, 0.5) is 11.6 Å². The number of fused-ring (bicyclic) bond motifs is 4. The van der Waals surface area contributed by atoms with Crippen LogP contribution in [-0.2, 0) is 44.1 Å². The lowest BCUT2D eigenvalue weighted by atomic mass is 9.79. The molecular formula is C112H124N10O18P2S4. The molecule has 8 aliphatic rings. The van der Waals surface area contributed by atoms with Crippen LogP contribution in [0.15, 0.2) is 301 Å². The molecule has 0 spiro atoms. The Balaban J connectivity index is 0.000000161. The highest BCUT2D eigenvalue weighted by Gasteiger charge is 2.66. The summed E-state index contributed by atoms with van der Waals surface area (Å²) >= 11 is 8.35. The number of nitrogens with zero attached hydrogens (tertiary/aromatic N) is 8. The number of aliphatic hydroxyl groups excluding tert-OH is 1. The molecule has 8 aliphatic heterocycles. The maximum Gasteiger partial charge on any atom is 0.351 e. The summed E-state index contributed by atoms with van der Waals surface area (Å²) in [7, 11) is 5.14. The van der Waals surface area contributed by atoms with Crippen molar-refractivity contribution in [2.45, 2.75) is 124 Å². The Kier molecular flexibility index (Phi) is 36.8. The van der Waals surface area contributed by atoms with Gasteiger partial charge in [0.05, 0.1) is 54.9 Å². The predicted molar refractivity (Wildman–Crippen MR) is 578 cm³/mol. The molecule has 10 heterocycles. The van der Waals surface area contributed by atoms with Gasteiger partial charge >= 0.3 is 11.4 Å². The molecule has 10 aromatic carbocycles. The summed E-state index contributed by atoms with van der Waals surface area (Å²) in [6.07, 6.45) is 8.49. The van der Waals surface area contributed by atoms with Crippen molar-refractivity contribution in [1.29, 1.82) is 0 Å². The Hall–Kier alpha value is -10.8. The first kappa shape index (κ1) is 107. The van der Waals surface area contributed by atoms with E-state index in [0.29, 0.717) is 62.3 Å². The van der Waals surface area contributed by atoms with E-state index in [2.05, 4.69) is 51.9 Å². The third kappa shape index (κ3) is 24.5. The highest BCUT2D eigenvalue weighted by Crippen LogP contribution is 2.62. The molecule has 0 saturated carbocycles. The molecule has 764 valence electrons. The van der Waals surface area contributed by atoms with Crippen molar-refractivity contribution in [3.63, 3.8) is 0 Å². The minimum atomic E-state index is -1.32. The minimum absolute atomic E-state index is 0.0146. The summed E-state index contributed by atoms with van der Waals surface area (Å²) in [6.45, 7) is 13.5. The number of thioether (sulfide) groups is 2. The molecule has 20 rings (SSSR count). The Labute approximate surface area is 872 Å². The van der Waals surface area contributed by atoms with E-state index in [0.717, 1.165) is 76.4 Å². The van der Waals surface area contributed by atoms with E-state index in [1.807, 2.05) is 231 Å². The summed E-state index contributed by atoms with van der Waals surface area (Å²) in [5, 5.41) is 17.3. The van der Waals surface area contributed by atoms with Gasteiger partial charge in [0.1, 0.15) is 89.8 Å². The number of anilines is 2. The fourth-order valence-electron chi connectivity index (χ4n) is 19.5. The van der Waals surface area contributed by atoms with Gasteiger partial charge in [-0.3, -0.25) is 47.0 Å². The number of aromatic nitrogens is 4. The Bertz CT molecular complexity index is 6290. The van der Waals surface area contributed by atoms with E-state index in [4.69, 9.17) is 51.9 Å². The van der Waals surface area contributed by atoms with Gasteiger partial charge in [0, 0.05) is 115 Å². The van der Waals surface area contributed by atoms with E-state index in [1.54, 1.807) is 115 Å². The first-order valence-corrected chi connectivity index (χ1v) is 56.0. The van der Waals surface area contributed by atoms with Crippen LogP contribution < -0.4 is 41.0 Å². The number of nitrogens with one attached hydrogen (secondary N) is 2. The predicted octanol–water partition coefficient (Wildman–Crippen LogP) is 19.4. The van der Waals surface area contributed by atoms with Gasteiger partial charge in [-0.15, -0.1) is 0 Å². The maximum atomic E-state index is 14.2. The van der Waals surface area contributed by atoms with Crippen molar-refractivity contribution in [1.82, 2.24) is 37.8 Å². The number of hydrogen-bond donors (Lipinski definition) is 4. The summed E-state index contributed by atoms with van der Waals surface area (Å²) in [4.78, 5) is 86.4. The Morgan fingerprint density at radius 3 is 1.10 bits per heavy atom. The molecule has 9 atom stereocenters. The number of methoxy groups -OCH3 is 4. The molecular weight excluding hydrogens is 1960 g/mol. The van der Waals surface area contributed by atoms with Crippen LogP contribution in [0.2, 0.25) is 0 Å². The zero-order chi connectivity index (χ0) is 102. The summed E-state index contributed by atoms with van der Waals surface area (Å²) in [5.41, 5.74) is 2.24. The van der Waals surface area contributed by atoms with Gasteiger partial charge in [-0.2, -0.15) is 22.6 Å². The van der Waals surface area contributed by atoms with Crippen LogP contribution in [0.5, 0.6) is 23.0 Å². The molecule has 8 saturated heterocycles. The first-order chi connectivity index (χ1) is 71.3. The van der Waals surface area contributed by atoms with E-state index in [1.165, 1.54) is 110 Å². The number of carbonyl (C=O) groups excluding carboxylic acids is 4. The first-order valence-electron chi connectivity index (χ1n) is 49.4. The average molecular weight is 2090 g/mol. The zero-order valence-corrected chi connectivity index (χ0v) is 87.8. The van der Waals surface area contributed by atoms with Crippen LogP contribution in [0.3, 0.4) is 0 Å². The Morgan fingerprint density at radius 2 is 0.733 bits per heavy atom. The summed E-state index contributed by atoms with van der Waals surface area (Å²) in [5.74, 6) is 5.07. The number of carbonyl (C=O) groups is 4. The standard InChI is InChI=1S/C52H53N4O9PS2.C39H37N3O8.C12H24N3P.C9H10OS2/c1-36-33-56(50(59)54-46(36)53-47(57)37-15-7-4-8-16-37)48-44-45(65-66(55-29-13-14-30-55)68-32-31-67-49(58)38-17-9-5-10-18-38)51(64-48,34-62-44)35-63-52(39-19-11-6-12-20-39,40-21-25-42(60-2)26-22-40)41-23-27-43(61-3)28-24-41;1-25-22-42(37(45)41-34(25)40-35(44)26-10-6-4-7-11-26)36-32-33(43)38(50-36,23-48-32)24-49-39(27-12-8-5-9-13-27,28-14-18-30(46-2)19-15-28)29-16-20-31(47-3)21-17-29;1-2-8-13(7-1)16(14-9-3-4-10-14)15-11-5-6-12-15;10-9(12-7-6-11)8-4-2-1-3-5-8/h4-12,15-28,33,44-45,48H,13-14,29-32,34-35H2,1-3H3,(H,53,54,57,59);4-22,32-33,36,43H,23-24H2,1-3H3,(H,40,41,44,45);1-12H2;1-5,11H,6-7H2/t44-,45+,48-,51-,66?;32-,33+,36-,38-;;/m11../s1. The van der Waals surface area contributed by atoms with Gasteiger partial charge in [-0.05, 0) is 177 Å². The van der Waals surface area contributed by atoms with Crippen LogP contribution in [-0.4, -0.2) is 231 Å². The van der Waals surface area contributed by atoms with Gasteiger partial charge in [0.25, 0.3) is 11.8 Å². The van der Waals surface area contributed by atoms with Crippen molar-refractivity contribution in [2.24, 2.45) is 0 Å². The number of rotatable bonds is 36. The largest absolute Gasteiger partial charge is 0.497 e. The zero-order valence-electron chi connectivity index (χ0n) is 82.7. The molecule has 2 amide bonds. The number of benzene rings is 10. The van der Waals surface area contributed by atoms with E-state index < -0.39 is 78.2 Å². The molecule has 34 heteroatoms. The number of ether oxygens (including phenoxy) is 10. The van der Waals surface area contributed by atoms with Gasteiger partial charge in [-0.25, -0.2) is 9.59 Å². The van der Waals surface area contributed by atoms with Crippen molar-refractivity contribution in [3.05, 3.63) is 379 Å². The molecule has 0 aliphatic carbocycles. The average Bonchev–Trinajstić information content (AvgIpc) is 1.56. The van der Waals surface area contributed by atoms with Crippen LogP contribution >= 0.6 is 63.4 Å². The fraction of sp³-hybridized carbons (Fsp3) is 0.357. The second kappa shape index (κ2) is 50.5. The topological polar surface area (TPSA) is 297 Å². The molecule has 8 fully saturated rings. The molecule has 0 radical (unpaired) electrons. The monoisotopic (exact) mass is 2090 g/mol. The highest BCUT2D eigenvalue weighted by atomic mass is 32.7. The molecule has 146 heavy (non-hydrogen) atoms. The van der Waals surface area contributed by atoms with E-state index >= 15 is 0 Å². The number of hydrogen-bond acceptors (Lipinski definition) is 28. The van der Waals surface area contributed by atoms with Crippen LogP contribution in [0, 0.1) is 13.8 Å². The molecule has 4 bridgehead atoms. The van der Waals surface area contributed by atoms with Gasteiger partial charge in [0.15, 0.2) is 20.0 Å². The number of thiol groups is 1. The maximum absolute atomic E-state index is 14.2. The number of amides is 2. The van der Waals surface area contributed by atoms with Gasteiger partial charge in [0.2, 0.25) is 10.2 Å². The van der Waals surface area contributed by atoms with Crippen molar-refractivity contribution in [2.75, 3.05) is 141 Å². The van der Waals surface area contributed by atoms with Crippen LogP contribution in [0.25, 0.3) is 0 Å².